The Balaban J connectivity index is 2.11. The van der Waals surface area contributed by atoms with Crippen LogP contribution in [0, 0.1) is 11.6 Å². The van der Waals surface area contributed by atoms with Gasteiger partial charge >= 0.3 is 0 Å². The quantitative estimate of drug-likeness (QED) is 0.911. The normalized spacial score (nSPS) is 13.2. The number of halogens is 2. The third kappa shape index (κ3) is 4.13. The Hall–Kier alpha value is -2.28. The number of hydrogen-bond donors (Lipinski definition) is 1. The van der Waals surface area contributed by atoms with E-state index in [0.717, 1.165) is 12.1 Å². The molecule has 122 valence electrons. The van der Waals surface area contributed by atoms with Crippen molar-refractivity contribution in [1.29, 1.82) is 0 Å². The lowest BCUT2D eigenvalue weighted by Crippen LogP contribution is -2.29. The van der Waals surface area contributed by atoms with Gasteiger partial charge in [-0.2, -0.15) is 0 Å². The number of nitrogens with one attached hydrogen (secondary N) is 1. The SMILES string of the molecule is COc1cccc([S@](=O)[C@@H](C)C(=O)Nc2ccc(F)c(F)c2)c1. The van der Waals surface area contributed by atoms with Gasteiger partial charge in [-0.25, -0.2) is 8.78 Å². The summed E-state index contributed by atoms with van der Waals surface area (Å²) in [5.74, 6) is -2.10. The van der Waals surface area contributed by atoms with Crippen molar-refractivity contribution in [2.24, 2.45) is 0 Å². The Morgan fingerprint density at radius 1 is 1.17 bits per heavy atom. The first-order valence-corrected chi connectivity index (χ1v) is 7.94. The third-order valence-electron chi connectivity index (χ3n) is 3.15. The average Bonchev–Trinajstić information content (AvgIpc) is 2.56. The second-order valence-corrected chi connectivity index (χ2v) is 6.51. The molecule has 0 radical (unpaired) electrons. The molecular formula is C16H15F2NO3S. The van der Waals surface area contributed by atoms with Gasteiger partial charge in [-0.3, -0.25) is 9.00 Å². The number of amides is 1. The highest BCUT2D eigenvalue weighted by Crippen LogP contribution is 2.19. The highest BCUT2D eigenvalue weighted by Gasteiger charge is 2.22. The minimum atomic E-state index is -1.61. The van der Waals surface area contributed by atoms with E-state index in [0.29, 0.717) is 10.6 Å². The Morgan fingerprint density at radius 2 is 1.91 bits per heavy atom. The number of rotatable bonds is 5. The minimum Gasteiger partial charge on any atom is -0.497 e. The van der Waals surface area contributed by atoms with Crippen LogP contribution in [0.3, 0.4) is 0 Å². The van der Waals surface area contributed by atoms with Gasteiger partial charge in [0.1, 0.15) is 11.0 Å². The second-order valence-electron chi connectivity index (χ2n) is 4.74. The number of hydrogen-bond acceptors (Lipinski definition) is 3. The first-order chi connectivity index (χ1) is 10.9. The maximum absolute atomic E-state index is 13.1. The largest absolute Gasteiger partial charge is 0.497 e. The number of methoxy groups -OCH3 is 1. The first kappa shape index (κ1) is 17.1. The lowest BCUT2D eigenvalue weighted by Gasteiger charge is -2.13. The molecule has 0 spiro atoms. The lowest BCUT2D eigenvalue weighted by atomic mass is 10.3. The van der Waals surface area contributed by atoms with E-state index in [1.165, 1.54) is 20.1 Å². The molecule has 0 aliphatic heterocycles. The van der Waals surface area contributed by atoms with E-state index in [9.17, 15) is 17.8 Å². The molecule has 0 aliphatic carbocycles. The smallest absolute Gasteiger partial charge is 0.240 e. The van der Waals surface area contributed by atoms with Gasteiger partial charge in [0.25, 0.3) is 0 Å². The Morgan fingerprint density at radius 3 is 2.57 bits per heavy atom. The van der Waals surface area contributed by atoms with Crippen molar-refractivity contribution in [3.8, 4) is 5.75 Å². The van der Waals surface area contributed by atoms with Crippen LogP contribution in [-0.4, -0.2) is 22.5 Å². The molecule has 0 aliphatic rings. The van der Waals surface area contributed by atoms with Crippen LogP contribution in [0.2, 0.25) is 0 Å². The molecule has 2 aromatic carbocycles. The number of carbonyl (C=O) groups excluding carboxylic acids is 1. The van der Waals surface area contributed by atoms with E-state index in [1.54, 1.807) is 24.3 Å². The summed E-state index contributed by atoms with van der Waals surface area (Å²) in [6, 6.07) is 9.59. The summed E-state index contributed by atoms with van der Waals surface area (Å²) >= 11 is 0. The molecular weight excluding hydrogens is 324 g/mol. The van der Waals surface area contributed by atoms with Gasteiger partial charge in [-0.05, 0) is 37.3 Å². The van der Waals surface area contributed by atoms with Crippen molar-refractivity contribution in [1.82, 2.24) is 0 Å². The van der Waals surface area contributed by atoms with E-state index in [4.69, 9.17) is 4.74 Å². The van der Waals surface area contributed by atoms with Crippen LogP contribution in [-0.2, 0) is 15.6 Å². The van der Waals surface area contributed by atoms with Crippen LogP contribution in [0.1, 0.15) is 6.92 Å². The molecule has 0 aromatic heterocycles. The van der Waals surface area contributed by atoms with E-state index >= 15 is 0 Å². The molecule has 0 saturated heterocycles. The second kappa shape index (κ2) is 7.32. The zero-order valence-electron chi connectivity index (χ0n) is 12.5. The third-order valence-corrected chi connectivity index (χ3v) is 4.73. The molecule has 2 rings (SSSR count). The Kier molecular flexibility index (Phi) is 5.44. The first-order valence-electron chi connectivity index (χ1n) is 6.73. The van der Waals surface area contributed by atoms with E-state index in [2.05, 4.69) is 5.32 Å². The lowest BCUT2D eigenvalue weighted by molar-refractivity contribution is -0.115. The topological polar surface area (TPSA) is 55.4 Å². The molecule has 4 nitrogen and oxygen atoms in total. The maximum atomic E-state index is 13.1. The molecule has 7 heteroatoms. The summed E-state index contributed by atoms with van der Waals surface area (Å²) in [6.07, 6.45) is 0. The van der Waals surface area contributed by atoms with Crippen LogP contribution in [0.25, 0.3) is 0 Å². The average molecular weight is 339 g/mol. The number of anilines is 1. The summed E-state index contributed by atoms with van der Waals surface area (Å²) in [5.41, 5.74) is 0.100. The molecule has 2 atom stereocenters. The van der Waals surface area contributed by atoms with E-state index < -0.39 is 33.6 Å². The highest BCUT2D eigenvalue weighted by molar-refractivity contribution is 7.86. The maximum Gasteiger partial charge on any atom is 0.240 e. The van der Waals surface area contributed by atoms with E-state index in [1.807, 2.05) is 0 Å². The van der Waals surface area contributed by atoms with Crippen molar-refractivity contribution in [3.63, 3.8) is 0 Å². The molecule has 2 aromatic rings. The van der Waals surface area contributed by atoms with Crippen LogP contribution < -0.4 is 10.1 Å². The zero-order chi connectivity index (χ0) is 17.0. The molecule has 1 N–H and O–H groups in total. The predicted octanol–water partition coefficient (Wildman–Crippen LogP) is 3.11. The van der Waals surface area contributed by atoms with Gasteiger partial charge in [0.2, 0.25) is 5.91 Å². The van der Waals surface area contributed by atoms with Gasteiger partial charge in [0, 0.05) is 16.6 Å². The van der Waals surface area contributed by atoms with Crippen LogP contribution >= 0.6 is 0 Å². The van der Waals surface area contributed by atoms with Crippen LogP contribution in [0.5, 0.6) is 5.75 Å². The van der Waals surface area contributed by atoms with Crippen LogP contribution in [0.4, 0.5) is 14.5 Å². The molecule has 1 amide bonds. The Bertz CT molecular complexity index is 752. The number of ether oxygens (including phenoxy) is 1. The van der Waals surface area contributed by atoms with Crippen molar-refractivity contribution in [2.45, 2.75) is 17.1 Å². The van der Waals surface area contributed by atoms with Crippen molar-refractivity contribution >= 4 is 22.4 Å². The summed E-state index contributed by atoms with van der Waals surface area (Å²) in [5, 5.41) is 1.54. The fraction of sp³-hybridized carbons (Fsp3) is 0.188. The van der Waals surface area contributed by atoms with Crippen molar-refractivity contribution in [3.05, 3.63) is 54.1 Å². The summed E-state index contributed by atoms with van der Waals surface area (Å²) in [4.78, 5) is 12.6. The fourth-order valence-corrected chi connectivity index (χ4v) is 2.95. The highest BCUT2D eigenvalue weighted by atomic mass is 32.2. The monoisotopic (exact) mass is 339 g/mol. The summed E-state index contributed by atoms with van der Waals surface area (Å²) in [6.45, 7) is 1.49. The minimum absolute atomic E-state index is 0.100. The molecule has 0 fully saturated rings. The summed E-state index contributed by atoms with van der Waals surface area (Å²) in [7, 11) is -0.126. The fourth-order valence-electron chi connectivity index (χ4n) is 1.85. The van der Waals surface area contributed by atoms with Gasteiger partial charge < -0.3 is 10.1 Å². The molecule has 0 unspecified atom stereocenters. The van der Waals surface area contributed by atoms with Gasteiger partial charge in [-0.1, -0.05) is 6.07 Å². The van der Waals surface area contributed by atoms with Crippen molar-refractivity contribution < 1.29 is 22.5 Å². The molecule has 23 heavy (non-hydrogen) atoms. The summed E-state index contributed by atoms with van der Waals surface area (Å²) < 4.78 is 43.5. The Labute approximate surface area is 134 Å². The number of benzene rings is 2. The van der Waals surface area contributed by atoms with Gasteiger partial charge in [0.15, 0.2) is 11.6 Å². The zero-order valence-corrected chi connectivity index (χ0v) is 13.3. The van der Waals surface area contributed by atoms with Gasteiger partial charge in [0.05, 0.1) is 17.9 Å². The predicted molar refractivity (Wildman–Crippen MR) is 83.9 cm³/mol. The molecule has 0 bridgehead atoms. The molecule has 0 heterocycles. The standard InChI is InChI=1S/C16H15F2NO3S/c1-10(23(21)13-5-3-4-12(9-13)22-2)16(20)19-11-6-7-14(17)15(18)8-11/h3-10H,1-2H3,(H,19,20)/t10-,23+/m0/s1. The van der Waals surface area contributed by atoms with Crippen LogP contribution in [0.15, 0.2) is 47.4 Å². The van der Waals surface area contributed by atoms with Gasteiger partial charge in [-0.15, -0.1) is 0 Å². The van der Waals surface area contributed by atoms with Crippen molar-refractivity contribution in [2.75, 3.05) is 12.4 Å². The number of carbonyl (C=O) groups is 1. The van der Waals surface area contributed by atoms with E-state index in [-0.39, 0.29) is 5.69 Å². The molecule has 0 saturated carbocycles.